The van der Waals surface area contributed by atoms with E-state index in [4.69, 9.17) is 6.92 Å². The molecule has 1 saturated heterocycles. The summed E-state index contributed by atoms with van der Waals surface area (Å²) in [6.07, 6.45) is 7.01. The summed E-state index contributed by atoms with van der Waals surface area (Å²) in [7, 11) is 0. The number of nitrogens with zero attached hydrogens (tertiary/aromatic N) is 2. The molecule has 14 heavy (non-hydrogen) atoms. The van der Waals surface area contributed by atoms with Gasteiger partial charge in [0.05, 0.1) is 0 Å². The molecule has 0 aromatic carbocycles. The van der Waals surface area contributed by atoms with Crippen LogP contribution in [0.1, 0.15) is 31.2 Å². The molecule has 74 valence electrons. The summed E-state index contributed by atoms with van der Waals surface area (Å²) < 4.78 is 0. The zero-order valence-electron chi connectivity index (χ0n) is 8.45. The van der Waals surface area contributed by atoms with Crippen LogP contribution in [-0.2, 0) is 0 Å². The van der Waals surface area contributed by atoms with Gasteiger partial charge in [0, 0.05) is 26.2 Å². The molecule has 2 heterocycles. The number of aromatic nitrogens is 1. The Bertz CT molecular complexity index is 271. The van der Waals surface area contributed by atoms with Gasteiger partial charge in [-0.05, 0) is 24.5 Å². The van der Waals surface area contributed by atoms with Crippen LogP contribution in [0.4, 0.5) is 5.82 Å². The average Bonchev–Trinajstić information content (AvgIpc) is 2.47. The van der Waals surface area contributed by atoms with Crippen LogP contribution in [0, 0.1) is 6.92 Å². The lowest BCUT2D eigenvalue weighted by atomic mass is 10.2. The minimum atomic E-state index is 0.739. The second kappa shape index (κ2) is 4.45. The topological polar surface area (TPSA) is 16.1 Å². The minimum absolute atomic E-state index is 0.739. The van der Waals surface area contributed by atoms with Crippen molar-refractivity contribution < 1.29 is 0 Å². The normalized spacial score (nSPS) is 17.9. The first-order valence-corrected chi connectivity index (χ1v) is 5.33. The van der Waals surface area contributed by atoms with Gasteiger partial charge in [-0.3, -0.25) is 0 Å². The van der Waals surface area contributed by atoms with Crippen LogP contribution in [0.5, 0.6) is 0 Å². The Kier molecular flexibility index (Phi) is 3.02. The van der Waals surface area contributed by atoms with Crippen molar-refractivity contribution in [2.24, 2.45) is 0 Å². The standard InChI is InChI=1S/C12H16N2/c1-11-6-7-12(13-10-11)14-8-4-2-3-5-9-14/h1,6-7,10H,2-5,8-9H2. The molecule has 2 nitrogen and oxygen atoms in total. The third kappa shape index (κ3) is 2.25. The van der Waals surface area contributed by atoms with Crippen molar-refractivity contribution in [2.75, 3.05) is 18.0 Å². The van der Waals surface area contributed by atoms with Gasteiger partial charge < -0.3 is 4.90 Å². The molecule has 0 amide bonds. The van der Waals surface area contributed by atoms with Crippen molar-refractivity contribution in [2.45, 2.75) is 25.7 Å². The molecule has 1 fully saturated rings. The smallest absolute Gasteiger partial charge is 0.128 e. The number of anilines is 1. The molecular formula is C12H16N2. The first kappa shape index (κ1) is 9.50. The quantitative estimate of drug-likeness (QED) is 0.673. The minimum Gasteiger partial charge on any atom is -0.357 e. The van der Waals surface area contributed by atoms with E-state index in [2.05, 4.69) is 9.88 Å². The third-order valence-corrected chi connectivity index (χ3v) is 2.70. The van der Waals surface area contributed by atoms with Crippen molar-refractivity contribution in [1.29, 1.82) is 0 Å². The highest BCUT2D eigenvalue weighted by molar-refractivity contribution is 5.39. The molecule has 1 aliphatic rings. The van der Waals surface area contributed by atoms with Crippen LogP contribution in [0.2, 0.25) is 0 Å². The van der Waals surface area contributed by atoms with E-state index in [1.54, 1.807) is 6.20 Å². The van der Waals surface area contributed by atoms with Gasteiger partial charge in [0.1, 0.15) is 5.82 Å². The largest absolute Gasteiger partial charge is 0.357 e. The van der Waals surface area contributed by atoms with Gasteiger partial charge in [-0.25, -0.2) is 4.98 Å². The van der Waals surface area contributed by atoms with Crippen molar-refractivity contribution in [3.05, 3.63) is 30.8 Å². The molecule has 2 radical (unpaired) electrons. The van der Waals surface area contributed by atoms with Gasteiger partial charge in [-0.1, -0.05) is 18.9 Å². The van der Waals surface area contributed by atoms with E-state index in [-0.39, 0.29) is 0 Å². The first-order valence-electron chi connectivity index (χ1n) is 5.33. The number of rotatable bonds is 1. The lowest BCUT2D eigenvalue weighted by Gasteiger charge is -2.21. The summed E-state index contributed by atoms with van der Waals surface area (Å²) in [5.41, 5.74) is 0.739. The van der Waals surface area contributed by atoms with Crippen LogP contribution in [0.15, 0.2) is 18.3 Å². The van der Waals surface area contributed by atoms with Crippen LogP contribution >= 0.6 is 0 Å². The maximum absolute atomic E-state index is 5.61. The van der Waals surface area contributed by atoms with E-state index >= 15 is 0 Å². The van der Waals surface area contributed by atoms with Crippen LogP contribution in [0.3, 0.4) is 0 Å². The monoisotopic (exact) mass is 188 g/mol. The summed E-state index contributed by atoms with van der Waals surface area (Å²) in [5.74, 6) is 1.07. The molecule has 0 bridgehead atoms. The van der Waals surface area contributed by atoms with Crippen molar-refractivity contribution >= 4 is 5.82 Å². The molecule has 0 N–H and O–H groups in total. The highest BCUT2D eigenvalue weighted by atomic mass is 15.2. The van der Waals surface area contributed by atoms with Crippen LogP contribution in [0.25, 0.3) is 0 Å². The number of hydrogen-bond acceptors (Lipinski definition) is 2. The maximum Gasteiger partial charge on any atom is 0.128 e. The zero-order valence-corrected chi connectivity index (χ0v) is 8.45. The van der Waals surface area contributed by atoms with E-state index < -0.39 is 0 Å². The molecule has 0 saturated carbocycles. The Morgan fingerprint density at radius 3 is 2.36 bits per heavy atom. The van der Waals surface area contributed by atoms with Crippen LogP contribution < -0.4 is 4.90 Å². The number of hydrogen-bond donors (Lipinski definition) is 0. The fourth-order valence-corrected chi connectivity index (χ4v) is 1.88. The molecule has 1 aromatic rings. The zero-order chi connectivity index (χ0) is 9.80. The molecule has 2 heteroatoms. The Morgan fingerprint density at radius 2 is 1.79 bits per heavy atom. The second-order valence-corrected chi connectivity index (χ2v) is 3.85. The summed E-state index contributed by atoms with van der Waals surface area (Å²) in [6.45, 7) is 7.88. The summed E-state index contributed by atoms with van der Waals surface area (Å²) >= 11 is 0. The van der Waals surface area contributed by atoms with Gasteiger partial charge in [0.25, 0.3) is 0 Å². The Balaban J connectivity index is 2.08. The molecular weight excluding hydrogens is 172 g/mol. The Labute approximate surface area is 86.0 Å². The van der Waals surface area contributed by atoms with Gasteiger partial charge in [-0.15, -0.1) is 0 Å². The maximum atomic E-state index is 5.61. The Morgan fingerprint density at radius 1 is 1.07 bits per heavy atom. The predicted octanol–water partition coefficient (Wildman–Crippen LogP) is 2.52. The molecule has 1 aromatic heterocycles. The average molecular weight is 188 g/mol. The molecule has 0 spiro atoms. The summed E-state index contributed by atoms with van der Waals surface area (Å²) in [5, 5.41) is 0. The molecule has 0 aliphatic carbocycles. The highest BCUT2D eigenvalue weighted by Gasteiger charge is 2.09. The second-order valence-electron chi connectivity index (χ2n) is 3.85. The third-order valence-electron chi connectivity index (χ3n) is 2.70. The lowest BCUT2D eigenvalue weighted by Crippen LogP contribution is -2.24. The van der Waals surface area contributed by atoms with E-state index in [9.17, 15) is 0 Å². The van der Waals surface area contributed by atoms with Crippen molar-refractivity contribution in [3.63, 3.8) is 0 Å². The molecule has 0 unspecified atom stereocenters. The lowest BCUT2D eigenvalue weighted by molar-refractivity contribution is 0.726. The summed E-state index contributed by atoms with van der Waals surface area (Å²) in [6, 6.07) is 3.94. The molecule has 1 aliphatic heterocycles. The SMILES string of the molecule is [CH]c1ccc(N2CCCCCC2)nc1. The van der Waals surface area contributed by atoms with E-state index in [0.29, 0.717) is 0 Å². The van der Waals surface area contributed by atoms with E-state index in [1.807, 2.05) is 12.1 Å². The van der Waals surface area contributed by atoms with Crippen molar-refractivity contribution in [3.8, 4) is 0 Å². The van der Waals surface area contributed by atoms with E-state index in [0.717, 1.165) is 24.5 Å². The fraction of sp³-hybridized carbons (Fsp3) is 0.500. The molecule has 0 atom stereocenters. The van der Waals surface area contributed by atoms with Gasteiger partial charge in [0.2, 0.25) is 0 Å². The van der Waals surface area contributed by atoms with Crippen LogP contribution in [-0.4, -0.2) is 18.1 Å². The first-order chi connectivity index (χ1) is 6.86. The predicted molar refractivity (Wildman–Crippen MR) is 58.3 cm³/mol. The number of pyridine rings is 1. The van der Waals surface area contributed by atoms with E-state index in [1.165, 1.54) is 25.7 Å². The summed E-state index contributed by atoms with van der Waals surface area (Å²) in [4.78, 5) is 6.70. The molecule has 2 rings (SSSR count). The van der Waals surface area contributed by atoms with Gasteiger partial charge in [-0.2, -0.15) is 0 Å². The van der Waals surface area contributed by atoms with Gasteiger partial charge >= 0.3 is 0 Å². The highest BCUT2D eigenvalue weighted by Crippen LogP contribution is 2.16. The van der Waals surface area contributed by atoms with Crippen molar-refractivity contribution in [1.82, 2.24) is 4.98 Å². The fourth-order valence-electron chi connectivity index (χ4n) is 1.88. The van der Waals surface area contributed by atoms with Gasteiger partial charge in [0.15, 0.2) is 0 Å². The Hall–Kier alpha value is -1.05.